The predicted octanol–water partition coefficient (Wildman–Crippen LogP) is -5.57. The summed E-state index contributed by atoms with van der Waals surface area (Å²) in [7, 11) is 0. The minimum absolute atomic E-state index is 0.0348. The smallest absolute Gasteiger partial charge is 0.253 e. The summed E-state index contributed by atoms with van der Waals surface area (Å²) in [6.07, 6.45) is 0. The van der Waals surface area contributed by atoms with Gasteiger partial charge in [0.15, 0.2) is 0 Å². The van der Waals surface area contributed by atoms with Crippen LogP contribution in [-0.2, 0) is 19.2 Å². The van der Waals surface area contributed by atoms with Crippen LogP contribution in [0.3, 0.4) is 0 Å². The van der Waals surface area contributed by atoms with Gasteiger partial charge in [0.25, 0.3) is 5.91 Å². The maximum atomic E-state index is 11.4. The van der Waals surface area contributed by atoms with Crippen molar-refractivity contribution in [3.63, 3.8) is 0 Å². The SMILES string of the molecule is C=C(ONN)N(CCN(CC(=O)NN)CC(=O)NN)CC(=O)NN. The predicted molar refractivity (Wildman–Crippen MR) is 82.6 cm³/mol. The Balaban J connectivity index is 4.85. The molecule has 0 saturated carbocycles. The number of carbonyl (C=O) groups is 3. The molecule has 0 aromatic rings. The van der Waals surface area contributed by atoms with Gasteiger partial charge in [-0.1, -0.05) is 5.59 Å². The summed E-state index contributed by atoms with van der Waals surface area (Å²) in [5, 5.41) is 0. The fourth-order valence-corrected chi connectivity index (χ4v) is 1.62. The Kier molecular flexibility index (Phi) is 10.8. The second kappa shape index (κ2) is 12.0. The third-order valence-electron chi connectivity index (χ3n) is 2.77. The molecule has 0 spiro atoms. The Hall–Kier alpha value is -2.49. The summed E-state index contributed by atoms with van der Waals surface area (Å²) < 4.78 is 0. The summed E-state index contributed by atoms with van der Waals surface area (Å²) in [5.74, 6) is 18.6. The Morgan fingerprint density at radius 3 is 1.71 bits per heavy atom. The summed E-state index contributed by atoms with van der Waals surface area (Å²) >= 11 is 0. The van der Waals surface area contributed by atoms with Crippen molar-refractivity contribution in [2.24, 2.45) is 23.4 Å². The van der Waals surface area contributed by atoms with Crippen molar-refractivity contribution in [3.8, 4) is 0 Å². The molecule has 0 fully saturated rings. The molecule has 0 bridgehead atoms. The van der Waals surface area contributed by atoms with E-state index in [9.17, 15) is 14.4 Å². The molecular formula is C10H24N10O4. The average Bonchev–Trinajstić information content (AvgIpc) is 2.57. The molecule has 12 N–H and O–H groups in total. The lowest BCUT2D eigenvalue weighted by atomic mass is 10.3. The number of hydrogen-bond acceptors (Lipinski definition) is 11. The zero-order valence-corrected chi connectivity index (χ0v) is 13.1. The van der Waals surface area contributed by atoms with E-state index in [2.05, 4.69) is 6.58 Å². The Labute approximate surface area is 138 Å². The van der Waals surface area contributed by atoms with Gasteiger partial charge in [-0.3, -0.25) is 35.6 Å². The first-order chi connectivity index (χ1) is 11.4. The molecule has 0 heterocycles. The van der Waals surface area contributed by atoms with Crippen molar-refractivity contribution < 1.29 is 19.2 Å². The number of hydrazine groups is 4. The third kappa shape index (κ3) is 8.83. The van der Waals surface area contributed by atoms with Gasteiger partial charge in [0, 0.05) is 13.1 Å². The number of nitrogens with two attached hydrogens (primary N) is 4. The molecule has 0 atom stereocenters. The number of hydrogen-bond donors (Lipinski definition) is 8. The van der Waals surface area contributed by atoms with Crippen LogP contribution in [0.1, 0.15) is 0 Å². The lowest BCUT2D eigenvalue weighted by Gasteiger charge is -2.28. The molecule has 0 aliphatic rings. The van der Waals surface area contributed by atoms with E-state index in [1.165, 1.54) is 9.80 Å². The van der Waals surface area contributed by atoms with Crippen LogP contribution in [0, 0.1) is 0 Å². The van der Waals surface area contributed by atoms with Crippen LogP contribution in [-0.4, -0.2) is 60.2 Å². The lowest BCUT2D eigenvalue weighted by molar-refractivity contribution is -0.126. The van der Waals surface area contributed by atoms with Gasteiger partial charge in [0.1, 0.15) is 6.54 Å². The first-order valence-electron chi connectivity index (χ1n) is 6.64. The number of amides is 3. The molecule has 0 radical (unpaired) electrons. The first kappa shape index (κ1) is 21.5. The molecule has 0 saturated heterocycles. The van der Waals surface area contributed by atoms with E-state index in [-0.39, 0.29) is 38.6 Å². The van der Waals surface area contributed by atoms with E-state index in [0.717, 1.165) is 0 Å². The number of nitrogens with one attached hydrogen (secondary N) is 4. The fourth-order valence-electron chi connectivity index (χ4n) is 1.62. The van der Waals surface area contributed by atoms with E-state index < -0.39 is 17.7 Å². The zero-order chi connectivity index (χ0) is 18.5. The van der Waals surface area contributed by atoms with Crippen molar-refractivity contribution in [2.45, 2.75) is 0 Å². The van der Waals surface area contributed by atoms with Gasteiger partial charge in [0.05, 0.1) is 13.1 Å². The molecule has 0 rings (SSSR count). The van der Waals surface area contributed by atoms with Crippen molar-refractivity contribution in [2.75, 3.05) is 32.7 Å². The van der Waals surface area contributed by atoms with Crippen molar-refractivity contribution in [1.29, 1.82) is 0 Å². The number of nitrogens with zero attached hydrogens (tertiary/aromatic N) is 2. The molecule has 14 heteroatoms. The van der Waals surface area contributed by atoms with Gasteiger partial charge in [0.2, 0.25) is 17.7 Å². The number of carbonyl (C=O) groups excluding carboxylic acids is 3. The monoisotopic (exact) mass is 348 g/mol. The second-order valence-corrected chi connectivity index (χ2v) is 4.45. The number of rotatable bonds is 12. The largest absolute Gasteiger partial charge is 0.377 e. The van der Waals surface area contributed by atoms with Gasteiger partial charge >= 0.3 is 0 Å². The minimum Gasteiger partial charge on any atom is -0.377 e. The van der Waals surface area contributed by atoms with Crippen molar-refractivity contribution in [1.82, 2.24) is 31.7 Å². The first-order valence-corrected chi connectivity index (χ1v) is 6.64. The summed E-state index contributed by atoms with van der Waals surface area (Å²) in [4.78, 5) is 41.8. The molecule has 138 valence electrons. The molecule has 24 heavy (non-hydrogen) atoms. The van der Waals surface area contributed by atoms with Crippen LogP contribution in [0.5, 0.6) is 0 Å². The third-order valence-corrected chi connectivity index (χ3v) is 2.77. The molecular weight excluding hydrogens is 324 g/mol. The zero-order valence-electron chi connectivity index (χ0n) is 13.1. The highest BCUT2D eigenvalue weighted by molar-refractivity contribution is 5.80. The van der Waals surface area contributed by atoms with Crippen molar-refractivity contribution >= 4 is 17.7 Å². The molecule has 14 nitrogen and oxygen atoms in total. The van der Waals surface area contributed by atoms with Crippen LogP contribution < -0.4 is 45.2 Å². The Bertz CT molecular complexity index is 427. The van der Waals surface area contributed by atoms with E-state index >= 15 is 0 Å². The summed E-state index contributed by atoms with van der Waals surface area (Å²) in [6.45, 7) is 3.41. The summed E-state index contributed by atoms with van der Waals surface area (Å²) in [6, 6.07) is 0. The van der Waals surface area contributed by atoms with Crippen molar-refractivity contribution in [3.05, 3.63) is 12.5 Å². The maximum Gasteiger partial charge on any atom is 0.253 e. The van der Waals surface area contributed by atoms with E-state index in [1.54, 1.807) is 0 Å². The highest BCUT2D eigenvalue weighted by Gasteiger charge is 2.18. The van der Waals surface area contributed by atoms with Gasteiger partial charge in [-0.2, -0.15) is 0 Å². The Morgan fingerprint density at radius 2 is 1.29 bits per heavy atom. The van der Waals surface area contributed by atoms with Crippen LogP contribution >= 0.6 is 0 Å². The lowest BCUT2D eigenvalue weighted by Crippen LogP contribution is -2.49. The molecule has 3 amide bonds. The quantitative estimate of drug-likeness (QED) is 0.0719. The van der Waals surface area contributed by atoms with Crippen LogP contribution in [0.4, 0.5) is 0 Å². The molecule has 0 aromatic carbocycles. The van der Waals surface area contributed by atoms with Crippen LogP contribution in [0.15, 0.2) is 12.5 Å². The molecule has 0 aliphatic carbocycles. The highest BCUT2D eigenvalue weighted by Crippen LogP contribution is 2.02. The van der Waals surface area contributed by atoms with E-state index in [4.69, 9.17) is 28.2 Å². The molecule has 0 aromatic heterocycles. The summed E-state index contributed by atoms with van der Waals surface area (Å²) in [5.41, 5.74) is 7.79. The Morgan fingerprint density at radius 1 is 0.833 bits per heavy atom. The molecule has 0 unspecified atom stereocenters. The normalized spacial score (nSPS) is 10.0. The topological polar surface area (TPSA) is 219 Å². The maximum absolute atomic E-state index is 11.4. The van der Waals surface area contributed by atoms with Crippen LogP contribution in [0.25, 0.3) is 0 Å². The van der Waals surface area contributed by atoms with E-state index in [0.29, 0.717) is 0 Å². The highest BCUT2D eigenvalue weighted by atomic mass is 16.7. The second-order valence-electron chi connectivity index (χ2n) is 4.45. The van der Waals surface area contributed by atoms with Gasteiger partial charge in [-0.05, 0) is 6.58 Å². The fraction of sp³-hybridized carbons (Fsp3) is 0.500. The van der Waals surface area contributed by atoms with Gasteiger partial charge in [-0.15, -0.1) is 0 Å². The van der Waals surface area contributed by atoms with Gasteiger partial charge < -0.3 is 9.74 Å². The van der Waals surface area contributed by atoms with Crippen LogP contribution in [0.2, 0.25) is 0 Å². The van der Waals surface area contributed by atoms with Gasteiger partial charge in [-0.25, -0.2) is 23.4 Å². The average molecular weight is 348 g/mol. The minimum atomic E-state index is -0.511. The molecule has 0 aliphatic heterocycles. The standard InChI is InChI=1S/C10H24N10O4/c1-7(24-18-14)20(6-10(23)17-13)3-2-19(4-8(21)15-11)5-9(22)16-12/h18H,1-6,11-14H2,(H,15,21)(H,16,22)(H,17,23). The van der Waals surface area contributed by atoms with E-state index in [1.807, 2.05) is 21.9 Å².